The third-order valence-electron chi connectivity index (χ3n) is 4.05. The zero-order valence-electron chi connectivity index (χ0n) is 13.3. The van der Waals surface area contributed by atoms with Crippen LogP contribution in [0.3, 0.4) is 0 Å². The molecule has 0 saturated carbocycles. The number of benzene rings is 1. The summed E-state index contributed by atoms with van der Waals surface area (Å²) in [5, 5.41) is 2.25. The molecule has 0 radical (unpaired) electrons. The van der Waals surface area contributed by atoms with E-state index in [0.29, 0.717) is 31.8 Å². The molecule has 0 spiro atoms. The second kappa shape index (κ2) is 6.29. The third kappa shape index (κ3) is 3.38. The van der Waals surface area contributed by atoms with Crippen LogP contribution in [-0.4, -0.2) is 49.6 Å². The minimum Gasteiger partial charge on any atom is -0.367 e. The average Bonchev–Trinajstić information content (AvgIpc) is 2.53. The number of pyridine rings is 1. The maximum Gasteiger partial charge on any atom is 0.218 e. The lowest BCUT2D eigenvalue weighted by molar-refractivity contribution is 0.386. The number of anilines is 1. The second-order valence-electron chi connectivity index (χ2n) is 5.98. The summed E-state index contributed by atoms with van der Waals surface area (Å²) >= 11 is 0. The average molecular weight is 331 g/mol. The van der Waals surface area contributed by atoms with Crippen LogP contribution in [0.1, 0.15) is 6.92 Å². The van der Waals surface area contributed by atoms with Crippen molar-refractivity contribution in [1.29, 1.82) is 0 Å². The Labute approximate surface area is 137 Å². The van der Waals surface area contributed by atoms with E-state index in [9.17, 15) is 8.42 Å². The quantitative estimate of drug-likeness (QED) is 0.807. The fraction of sp³-hybridized carbons (Fsp3) is 0.353. The summed E-state index contributed by atoms with van der Waals surface area (Å²) in [4.78, 5) is 6.52. The summed E-state index contributed by atoms with van der Waals surface area (Å²) in [5.74, 6) is 0.0306. The summed E-state index contributed by atoms with van der Waals surface area (Å²) in [6.07, 6.45) is 3.72. The number of aromatic nitrogens is 1. The lowest BCUT2D eigenvalue weighted by Gasteiger charge is -2.35. The molecule has 0 aliphatic carbocycles. The molecular weight excluding hydrogens is 310 g/mol. The molecule has 0 bridgehead atoms. The molecule has 0 amide bonds. The molecule has 1 fully saturated rings. The molecule has 23 heavy (non-hydrogen) atoms. The van der Waals surface area contributed by atoms with Crippen molar-refractivity contribution in [3.05, 3.63) is 48.8 Å². The van der Waals surface area contributed by atoms with E-state index in [2.05, 4.69) is 22.5 Å². The molecule has 0 atom stereocenters. The minimum atomic E-state index is -3.24. The van der Waals surface area contributed by atoms with E-state index in [1.165, 1.54) is 0 Å². The third-order valence-corrected chi connectivity index (χ3v) is 6.06. The van der Waals surface area contributed by atoms with Gasteiger partial charge in [-0.2, -0.15) is 4.31 Å². The molecule has 3 rings (SSSR count). The largest absolute Gasteiger partial charge is 0.367 e. The van der Waals surface area contributed by atoms with E-state index in [4.69, 9.17) is 0 Å². The zero-order valence-corrected chi connectivity index (χ0v) is 14.1. The smallest absolute Gasteiger partial charge is 0.218 e. The summed E-state index contributed by atoms with van der Waals surface area (Å²) < 4.78 is 26.1. The Balaban J connectivity index is 1.78. The predicted molar refractivity (Wildman–Crippen MR) is 94.1 cm³/mol. The van der Waals surface area contributed by atoms with Crippen LogP contribution in [0, 0.1) is 0 Å². The maximum absolute atomic E-state index is 12.3. The first kappa shape index (κ1) is 16.0. The summed E-state index contributed by atoms with van der Waals surface area (Å²) in [6.45, 7) is 7.79. The van der Waals surface area contributed by atoms with E-state index in [1.807, 2.05) is 30.6 Å². The fourth-order valence-electron chi connectivity index (χ4n) is 2.96. The van der Waals surface area contributed by atoms with Crippen molar-refractivity contribution in [3.8, 4) is 0 Å². The van der Waals surface area contributed by atoms with Gasteiger partial charge in [-0.1, -0.05) is 36.4 Å². The first-order valence-electron chi connectivity index (χ1n) is 7.67. The molecule has 2 aromatic rings. The first-order valence-corrected chi connectivity index (χ1v) is 9.28. The maximum atomic E-state index is 12.3. The van der Waals surface area contributed by atoms with Gasteiger partial charge in [0.1, 0.15) is 0 Å². The van der Waals surface area contributed by atoms with Crippen molar-refractivity contribution in [3.63, 3.8) is 0 Å². The number of piperazine rings is 1. The van der Waals surface area contributed by atoms with Gasteiger partial charge in [-0.3, -0.25) is 4.98 Å². The Hall–Kier alpha value is -1.92. The van der Waals surface area contributed by atoms with Gasteiger partial charge in [0.05, 0.1) is 17.6 Å². The van der Waals surface area contributed by atoms with Gasteiger partial charge < -0.3 is 4.90 Å². The first-order chi connectivity index (χ1) is 11.0. The molecule has 122 valence electrons. The molecular formula is C17H21N3O2S. The van der Waals surface area contributed by atoms with Crippen LogP contribution in [0.25, 0.3) is 10.8 Å². The van der Waals surface area contributed by atoms with Gasteiger partial charge in [-0.15, -0.1) is 0 Å². The van der Waals surface area contributed by atoms with Crippen LogP contribution >= 0.6 is 0 Å². The van der Waals surface area contributed by atoms with E-state index in [-0.39, 0.29) is 5.75 Å². The normalized spacial score (nSPS) is 16.7. The topological polar surface area (TPSA) is 53.5 Å². The number of sulfonamides is 1. The molecule has 2 heterocycles. The molecule has 0 N–H and O–H groups in total. The van der Waals surface area contributed by atoms with E-state index in [0.717, 1.165) is 16.5 Å². The molecule has 1 aliphatic rings. The van der Waals surface area contributed by atoms with Crippen LogP contribution < -0.4 is 4.90 Å². The number of hydrogen-bond donors (Lipinski definition) is 0. The van der Waals surface area contributed by atoms with Gasteiger partial charge in [-0.05, 0) is 6.92 Å². The highest BCUT2D eigenvalue weighted by atomic mass is 32.2. The van der Waals surface area contributed by atoms with Crippen molar-refractivity contribution < 1.29 is 8.42 Å². The van der Waals surface area contributed by atoms with Crippen LogP contribution in [0.2, 0.25) is 0 Å². The Kier molecular flexibility index (Phi) is 4.37. The van der Waals surface area contributed by atoms with Crippen LogP contribution in [-0.2, 0) is 10.0 Å². The van der Waals surface area contributed by atoms with Crippen molar-refractivity contribution >= 4 is 26.5 Å². The van der Waals surface area contributed by atoms with Crippen LogP contribution in [0.5, 0.6) is 0 Å². The number of fused-ring (bicyclic) bond motifs is 1. The molecule has 1 aromatic heterocycles. The Bertz CT molecular complexity index is 819. The van der Waals surface area contributed by atoms with Gasteiger partial charge in [0.15, 0.2) is 0 Å². The van der Waals surface area contributed by atoms with Crippen molar-refractivity contribution in [1.82, 2.24) is 9.29 Å². The molecule has 1 aliphatic heterocycles. The number of hydrogen-bond acceptors (Lipinski definition) is 4. The Morgan fingerprint density at radius 3 is 2.57 bits per heavy atom. The minimum absolute atomic E-state index is 0.0306. The highest BCUT2D eigenvalue weighted by Gasteiger charge is 2.27. The van der Waals surface area contributed by atoms with E-state index >= 15 is 0 Å². The van der Waals surface area contributed by atoms with Crippen molar-refractivity contribution in [2.75, 3.05) is 36.8 Å². The summed E-state index contributed by atoms with van der Waals surface area (Å²) in [5.41, 5.74) is 1.74. The number of rotatable bonds is 4. The standard InChI is InChI=1S/C17H21N3O2S/c1-14(2)13-23(21,22)20-9-7-19(8-10-20)17-12-18-11-15-5-3-4-6-16(15)17/h3-6,11-12H,1,7-10,13H2,2H3. The molecule has 5 nitrogen and oxygen atoms in total. The monoisotopic (exact) mass is 331 g/mol. The van der Waals surface area contributed by atoms with Gasteiger partial charge in [-0.25, -0.2) is 8.42 Å². The van der Waals surface area contributed by atoms with Crippen molar-refractivity contribution in [2.45, 2.75) is 6.92 Å². The Morgan fingerprint density at radius 2 is 1.87 bits per heavy atom. The zero-order chi connectivity index (χ0) is 16.4. The summed E-state index contributed by atoms with van der Waals surface area (Å²) in [7, 11) is -3.24. The highest BCUT2D eigenvalue weighted by molar-refractivity contribution is 7.89. The number of nitrogens with zero attached hydrogens (tertiary/aromatic N) is 3. The highest BCUT2D eigenvalue weighted by Crippen LogP contribution is 2.26. The van der Waals surface area contributed by atoms with Gasteiger partial charge in [0.25, 0.3) is 0 Å². The van der Waals surface area contributed by atoms with Crippen molar-refractivity contribution in [2.24, 2.45) is 0 Å². The lowest BCUT2D eigenvalue weighted by Crippen LogP contribution is -2.49. The van der Waals surface area contributed by atoms with Gasteiger partial charge >= 0.3 is 0 Å². The van der Waals surface area contributed by atoms with Crippen LogP contribution in [0.15, 0.2) is 48.8 Å². The van der Waals surface area contributed by atoms with Gasteiger partial charge in [0.2, 0.25) is 10.0 Å². The lowest BCUT2D eigenvalue weighted by atomic mass is 10.1. The molecule has 0 unspecified atom stereocenters. The predicted octanol–water partition coefficient (Wildman–Crippen LogP) is 2.26. The molecule has 1 aromatic carbocycles. The van der Waals surface area contributed by atoms with E-state index < -0.39 is 10.0 Å². The SMILES string of the molecule is C=C(C)CS(=O)(=O)N1CCN(c2cncc3ccccc23)CC1. The van der Waals surface area contributed by atoms with Crippen LogP contribution in [0.4, 0.5) is 5.69 Å². The molecule has 1 saturated heterocycles. The van der Waals surface area contributed by atoms with Gasteiger partial charge in [0, 0.05) is 43.1 Å². The Morgan fingerprint density at radius 1 is 1.17 bits per heavy atom. The van der Waals surface area contributed by atoms with E-state index in [1.54, 1.807) is 11.2 Å². The fourth-order valence-corrected chi connectivity index (χ4v) is 4.49. The molecule has 6 heteroatoms. The summed E-state index contributed by atoms with van der Waals surface area (Å²) in [6, 6.07) is 8.13. The second-order valence-corrected chi connectivity index (χ2v) is 7.95.